The van der Waals surface area contributed by atoms with Crippen LogP contribution in [0.25, 0.3) is 0 Å². The SMILES string of the molecule is CC1(C)C2CCC1(CS(=O)(=O)[O-])C(=O)C2.Clc1cc(Cl)c([S+](c2ccccc2)c2ccccc2)c(Cl)c1. The van der Waals surface area contributed by atoms with Gasteiger partial charge in [0.2, 0.25) is 4.90 Å². The Labute approximate surface area is 236 Å². The number of carbonyl (C=O) groups is 1. The third kappa shape index (κ3) is 5.75. The van der Waals surface area contributed by atoms with Crippen molar-refractivity contribution in [1.29, 1.82) is 0 Å². The number of benzene rings is 3. The lowest BCUT2D eigenvalue weighted by atomic mass is 9.70. The first-order valence-electron chi connectivity index (χ1n) is 11.8. The van der Waals surface area contributed by atoms with Crippen molar-refractivity contribution in [2.45, 2.75) is 47.8 Å². The molecule has 2 atom stereocenters. The van der Waals surface area contributed by atoms with Crippen LogP contribution in [0.4, 0.5) is 0 Å². The number of rotatable bonds is 5. The summed E-state index contributed by atoms with van der Waals surface area (Å²) < 4.78 is 32.7. The van der Waals surface area contributed by atoms with Gasteiger partial charge in [-0.15, -0.1) is 0 Å². The molecule has 2 aliphatic carbocycles. The Hall–Kier alpha value is -1.54. The summed E-state index contributed by atoms with van der Waals surface area (Å²) in [6.45, 7) is 3.83. The van der Waals surface area contributed by atoms with Crippen molar-refractivity contribution in [1.82, 2.24) is 0 Å². The summed E-state index contributed by atoms with van der Waals surface area (Å²) in [6.07, 6.45) is 1.88. The molecule has 2 bridgehead atoms. The Balaban J connectivity index is 0.000000186. The summed E-state index contributed by atoms with van der Waals surface area (Å²) in [5.41, 5.74) is -1.22. The highest BCUT2D eigenvalue weighted by Gasteiger charge is 2.64. The van der Waals surface area contributed by atoms with Gasteiger partial charge >= 0.3 is 0 Å². The predicted octanol–water partition coefficient (Wildman–Crippen LogP) is 7.67. The van der Waals surface area contributed by atoms with E-state index in [4.69, 9.17) is 34.8 Å². The molecule has 0 aliphatic heterocycles. The minimum Gasteiger partial charge on any atom is -0.748 e. The molecule has 3 aromatic rings. The molecule has 0 N–H and O–H groups in total. The van der Waals surface area contributed by atoms with Crippen LogP contribution in [-0.2, 0) is 25.8 Å². The predicted molar refractivity (Wildman–Crippen MR) is 150 cm³/mol. The fourth-order valence-electron chi connectivity index (χ4n) is 5.62. The quantitative estimate of drug-likeness (QED) is 0.223. The van der Waals surface area contributed by atoms with Crippen molar-refractivity contribution in [3.05, 3.63) is 87.9 Å². The zero-order valence-electron chi connectivity index (χ0n) is 20.4. The van der Waals surface area contributed by atoms with Crippen molar-refractivity contribution >= 4 is 61.6 Å². The van der Waals surface area contributed by atoms with Crippen LogP contribution in [0.3, 0.4) is 0 Å². The molecule has 2 saturated carbocycles. The van der Waals surface area contributed by atoms with Crippen molar-refractivity contribution in [3.63, 3.8) is 0 Å². The molecular formula is C28H27Cl3O4S2. The number of hydrogen-bond donors (Lipinski definition) is 0. The summed E-state index contributed by atoms with van der Waals surface area (Å²) in [7, 11) is -4.69. The van der Waals surface area contributed by atoms with Crippen molar-refractivity contribution < 1.29 is 17.8 Å². The minimum atomic E-state index is -4.33. The molecule has 0 heterocycles. The topological polar surface area (TPSA) is 74.3 Å². The Kier molecular flexibility index (Phi) is 8.40. The Morgan fingerprint density at radius 3 is 1.78 bits per heavy atom. The second kappa shape index (κ2) is 10.9. The molecule has 0 spiro atoms. The average Bonchev–Trinajstić information content (AvgIpc) is 3.16. The van der Waals surface area contributed by atoms with E-state index in [0.29, 0.717) is 27.9 Å². The number of hydrogen-bond acceptors (Lipinski definition) is 4. The number of Topliss-reactive ketones (excluding diaryl/α,β-unsaturated/α-hetero) is 1. The second-order valence-electron chi connectivity index (χ2n) is 10.00. The van der Waals surface area contributed by atoms with Gasteiger partial charge < -0.3 is 4.55 Å². The van der Waals surface area contributed by atoms with Crippen LogP contribution in [-0.4, -0.2) is 24.5 Å². The Morgan fingerprint density at radius 2 is 1.41 bits per heavy atom. The first-order valence-corrected chi connectivity index (χ1v) is 15.8. The van der Waals surface area contributed by atoms with Crippen LogP contribution in [0, 0.1) is 16.7 Å². The Morgan fingerprint density at radius 1 is 0.919 bits per heavy atom. The summed E-state index contributed by atoms with van der Waals surface area (Å²) in [5.74, 6) is -0.280. The molecule has 3 aromatic carbocycles. The monoisotopic (exact) mass is 596 g/mol. The molecule has 2 aliphatic rings. The number of carbonyl (C=O) groups excluding carboxylic acids is 1. The van der Waals surface area contributed by atoms with E-state index in [2.05, 4.69) is 24.3 Å². The van der Waals surface area contributed by atoms with Gasteiger partial charge in [0, 0.05) is 16.9 Å². The number of ketones is 1. The second-order valence-corrected chi connectivity index (χ2v) is 14.6. The lowest BCUT2D eigenvalue weighted by molar-refractivity contribution is -0.128. The van der Waals surface area contributed by atoms with E-state index in [-0.39, 0.29) is 28.0 Å². The van der Waals surface area contributed by atoms with E-state index in [0.717, 1.165) is 11.3 Å². The maximum absolute atomic E-state index is 11.8. The fourth-order valence-corrected chi connectivity index (χ4v) is 10.3. The highest BCUT2D eigenvalue weighted by atomic mass is 35.5. The zero-order valence-corrected chi connectivity index (χ0v) is 24.3. The van der Waals surface area contributed by atoms with Crippen molar-refractivity contribution in [2.24, 2.45) is 16.7 Å². The molecule has 37 heavy (non-hydrogen) atoms. The lowest BCUT2D eigenvalue weighted by Gasteiger charge is -2.37. The molecule has 2 unspecified atom stereocenters. The zero-order chi connectivity index (χ0) is 27.0. The van der Waals surface area contributed by atoms with E-state index in [1.165, 1.54) is 9.79 Å². The van der Waals surface area contributed by atoms with Crippen LogP contribution < -0.4 is 0 Å². The average molecular weight is 598 g/mol. The van der Waals surface area contributed by atoms with Gasteiger partial charge in [-0.05, 0) is 60.6 Å². The normalized spacial score (nSPS) is 22.1. The third-order valence-electron chi connectivity index (χ3n) is 7.69. The van der Waals surface area contributed by atoms with E-state index in [1.54, 1.807) is 12.1 Å². The molecule has 9 heteroatoms. The van der Waals surface area contributed by atoms with Crippen LogP contribution in [0.1, 0.15) is 33.1 Å². The van der Waals surface area contributed by atoms with Crippen LogP contribution in [0.5, 0.6) is 0 Å². The molecule has 196 valence electrons. The molecule has 0 radical (unpaired) electrons. The van der Waals surface area contributed by atoms with Gasteiger partial charge in [0.05, 0.1) is 25.9 Å². The molecule has 2 fully saturated rings. The molecule has 4 nitrogen and oxygen atoms in total. The van der Waals surface area contributed by atoms with E-state index in [9.17, 15) is 17.8 Å². The van der Waals surface area contributed by atoms with Gasteiger partial charge in [0.15, 0.2) is 9.79 Å². The molecule has 0 amide bonds. The van der Waals surface area contributed by atoms with E-state index >= 15 is 0 Å². The van der Waals surface area contributed by atoms with Crippen LogP contribution in [0.15, 0.2) is 87.5 Å². The minimum absolute atomic E-state index is 0.0248. The summed E-state index contributed by atoms with van der Waals surface area (Å²) in [4.78, 5) is 15.1. The van der Waals surface area contributed by atoms with Gasteiger partial charge in [-0.25, -0.2) is 8.42 Å². The number of fused-ring (bicyclic) bond motifs is 2. The van der Waals surface area contributed by atoms with E-state index in [1.807, 2.05) is 50.2 Å². The molecular weight excluding hydrogens is 571 g/mol. The molecule has 5 rings (SSSR count). The van der Waals surface area contributed by atoms with Crippen LogP contribution >= 0.6 is 34.8 Å². The largest absolute Gasteiger partial charge is 0.748 e. The van der Waals surface area contributed by atoms with Crippen molar-refractivity contribution in [3.8, 4) is 0 Å². The Bertz CT molecular complexity index is 1330. The number of halogens is 3. The highest BCUT2D eigenvalue weighted by Crippen LogP contribution is 2.64. The first-order chi connectivity index (χ1) is 17.4. The van der Waals surface area contributed by atoms with E-state index < -0.39 is 21.3 Å². The highest BCUT2D eigenvalue weighted by molar-refractivity contribution is 7.97. The maximum Gasteiger partial charge on any atom is 0.203 e. The van der Waals surface area contributed by atoms with Gasteiger partial charge in [-0.1, -0.05) is 85.0 Å². The van der Waals surface area contributed by atoms with Crippen LogP contribution in [0.2, 0.25) is 15.1 Å². The summed E-state index contributed by atoms with van der Waals surface area (Å²) in [5, 5.41) is 1.73. The van der Waals surface area contributed by atoms with Gasteiger partial charge in [0.25, 0.3) is 0 Å². The maximum atomic E-state index is 11.8. The smallest absolute Gasteiger partial charge is 0.203 e. The lowest BCUT2D eigenvalue weighted by Crippen LogP contribution is -2.42. The first kappa shape index (κ1) is 28.5. The van der Waals surface area contributed by atoms with Crippen molar-refractivity contribution in [2.75, 3.05) is 5.75 Å². The van der Waals surface area contributed by atoms with Gasteiger partial charge in [-0.2, -0.15) is 0 Å². The fraction of sp³-hybridized carbons (Fsp3) is 0.321. The molecule has 0 aromatic heterocycles. The van der Waals surface area contributed by atoms with Gasteiger partial charge in [-0.3, -0.25) is 4.79 Å². The summed E-state index contributed by atoms with van der Waals surface area (Å²) in [6, 6.07) is 24.0. The molecule has 0 saturated heterocycles. The van der Waals surface area contributed by atoms with Gasteiger partial charge in [0.1, 0.15) is 16.7 Å². The third-order valence-corrected chi connectivity index (χ3v) is 11.9. The summed E-state index contributed by atoms with van der Waals surface area (Å²) >= 11 is 19.0. The standard InChI is InChI=1S/C18H12Cl3S.C10H16O4S/c19-13-11-16(20)18(17(21)12-13)22(14-7-3-1-4-8-14)15-9-5-2-6-10-15;1-9(2)7-3-4-10(9,8(11)5-7)6-15(12,13)14/h1-12H;7H,3-6H2,1-2H3,(H,12,13,14)/q+1;/p-1.